The van der Waals surface area contributed by atoms with Gasteiger partial charge in [0.2, 0.25) is 11.3 Å². The molecule has 41 heavy (non-hydrogen) atoms. The monoisotopic (exact) mass is 582 g/mol. The number of aromatic nitrogens is 1. The lowest BCUT2D eigenvalue weighted by molar-refractivity contribution is -0.388. The van der Waals surface area contributed by atoms with Crippen LogP contribution in [0.4, 0.5) is 5.69 Å². The van der Waals surface area contributed by atoms with Gasteiger partial charge in [0.25, 0.3) is 17.4 Å². The Balaban J connectivity index is 1.70. The number of ketones is 1. The van der Waals surface area contributed by atoms with Crippen molar-refractivity contribution in [3.8, 4) is 5.75 Å². The number of nitrogens with one attached hydrogen (secondary N) is 2. The number of rotatable bonds is 8. The number of aromatic amines is 1. The van der Waals surface area contributed by atoms with Crippen LogP contribution in [0.1, 0.15) is 74.8 Å². The van der Waals surface area contributed by atoms with Gasteiger partial charge in [-0.3, -0.25) is 19.7 Å². The summed E-state index contributed by atoms with van der Waals surface area (Å²) < 4.78 is 31.9. The van der Waals surface area contributed by atoms with Gasteiger partial charge in [0.1, 0.15) is 22.0 Å². The Bertz CT molecular complexity index is 1750. The van der Waals surface area contributed by atoms with Crippen LogP contribution in [-0.2, 0) is 21.2 Å². The van der Waals surface area contributed by atoms with Crippen LogP contribution in [0, 0.1) is 24.0 Å². The van der Waals surface area contributed by atoms with E-state index in [2.05, 4.69) is 10.3 Å². The van der Waals surface area contributed by atoms with E-state index in [0.717, 1.165) is 11.6 Å². The maximum Gasteiger partial charge on any atom is 0.280 e. The summed E-state index contributed by atoms with van der Waals surface area (Å²) in [6.07, 6.45) is 0.218. The number of Topliss-reactive ketones (excluding diaryl/α,β-unsaturated/α-hetero) is 1. The van der Waals surface area contributed by atoms with Crippen LogP contribution in [0.5, 0.6) is 5.75 Å². The number of fused-ring (bicyclic) bond motifs is 5. The molecule has 1 aromatic heterocycles. The number of nitrogens with two attached hydrogens (primary N) is 1. The normalized spacial score (nSPS) is 20.9. The zero-order chi connectivity index (χ0) is 30.1. The summed E-state index contributed by atoms with van der Waals surface area (Å²) in [5.41, 5.74) is 3.51. The van der Waals surface area contributed by atoms with Crippen molar-refractivity contribution in [3.05, 3.63) is 85.6 Å². The molecule has 1 amide bonds. The third-order valence-corrected chi connectivity index (χ3v) is 9.83. The van der Waals surface area contributed by atoms with Gasteiger partial charge in [-0.05, 0) is 55.5 Å². The standard InChI is InChI=1S/C28H30N4O8S/c1-14(2)17-9-10-19-21(13-17)40-28(35)22-18(7-5-8-20(22)32(36)37)24(33)27(19,28)31-25(34)23-15(3)16(4)26(30-23)41(38,39)12-6-11-29/h5,7-10,13-14,30,35H,6,11-12,29H2,1-4H3,(H,31,34). The number of nitro benzene ring substituents is 1. The molecule has 1 aliphatic heterocycles. The Labute approximate surface area is 236 Å². The molecule has 0 fully saturated rings. The first kappa shape index (κ1) is 28.5. The van der Waals surface area contributed by atoms with E-state index >= 15 is 0 Å². The van der Waals surface area contributed by atoms with Gasteiger partial charge < -0.3 is 25.9 Å². The number of hydrogen-bond acceptors (Lipinski definition) is 9. The van der Waals surface area contributed by atoms with Gasteiger partial charge in [0, 0.05) is 17.2 Å². The number of amides is 1. The summed E-state index contributed by atoms with van der Waals surface area (Å²) in [6.45, 7) is 7.14. The quantitative estimate of drug-likeness (QED) is 0.228. The fourth-order valence-electron chi connectivity index (χ4n) is 5.68. The van der Waals surface area contributed by atoms with E-state index in [-0.39, 0.29) is 57.8 Å². The van der Waals surface area contributed by atoms with Gasteiger partial charge in [-0.25, -0.2) is 8.42 Å². The lowest BCUT2D eigenvalue weighted by atomic mass is 9.82. The van der Waals surface area contributed by atoms with Crippen LogP contribution in [0.3, 0.4) is 0 Å². The lowest BCUT2D eigenvalue weighted by Crippen LogP contribution is -2.60. The van der Waals surface area contributed by atoms with E-state index in [9.17, 15) is 33.2 Å². The highest BCUT2D eigenvalue weighted by molar-refractivity contribution is 7.91. The molecule has 13 heteroatoms. The van der Waals surface area contributed by atoms with Crippen molar-refractivity contribution < 1.29 is 32.8 Å². The molecule has 5 N–H and O–H groups in total. The van der Waals surface area contributed by atoms with Crippen LogP contribution >= 0.6 is 0 Å². The molecule has 5 rings (SSSR count). The van der Waals surface area contributed by atoms with Gasteiger partial charge in [0.15, 0.2) is 9.84 Å². The number of ether oxygens (including phenoxy) is 1. The largest absolute Gasteiger partial charge is 0.454 e. The summed E-state index contributed by atoms with van der Waals surface area (Å²) >= 11 is 0. The number of nitrogens with zero attached hydrogens (tertiary/aromatic N) is 1. The maximum absolute atomic E-state index is 14.2. The average Bonchev–Trinajstić information content (AvgIpc) is 3.43. The Hall–Kier alpha value is -4.07. The molecule has 12 nitrogen and oxygen atoms in total. The number of hydrogen-bond donors (Lipinski definition) is 4. The van der Waals surface area contributed by atoms with Crippen molar-refractivity contribution in [1.29, 1.82) is 0 Å². The molecule has 0 radical (unpaired) electrons. The SMILES string of the molecule is Cc1c(C(=O)NC23C(=O)c4cccc([N+](=O)[O-])c4C2(O)Oc2cc(C(C)C)ccc23)[nH]c(S(=O)(=O)CCCN)c1C. The second kappa shape index (κ2) is 9.50. The van der Waals surface area contributed by atoms with Crippen molar-refractivity contribution in [3.63, 3.8) is 0 Å². The molecule has 2 aliphatic rings. The Morgan fingerprint density at radius 2 is 1.93 bits per heavy atom. The van der Waals surface area contributed by atoms with Gasteiger partial charge in [-0.15, -0.1) is 0 Å². The van der Waals surface area contributed by atoms with Crippen LogP contribution < -0.4 is 15.8 Å². The minimum Gasteiger partial charge on any atom is -0.454 e. The second-order valence-corrected chi connectivity index (χ2v) is 12.7. The van der Waals surface area contributed by atoms with Crippen LogP contribution in [0.25, 0.3) is 0 Å². The molecule has 3 aromatic rings. The van der Waals surface area contributed by atoms with Crippen molar-refractivity contribution >= 4 is 27.2 Å². The van der Waals surface area contributed by atoms with E-state index in [1.54, 1.807) is 32.0 Å². The maximum atomic E-state index is 14.2. The third kappa shape index (κ3) is 3.90. The summed E-state index contributed by atoms with van der Waals surface area (Å²) in [5, 5.41) is 26.6. The fraction of sp³-hybridized carbons (Fsp3) is 0.357. The molecule has 0 saturated heterocycles. The number of benzene rings is 2. The summed E-state index contributed by atoms with van der Waals surface area (Å²) in [4.78, 5) is 42.0. The van der Waals surface area contributed by atoms with Crippen LogP contribution in [0.2, 0.25) is 0 Å². The average molecular weight is 583 g/mol. The first-order valence-electron chi connectivity index (χ1n) is 13.0. The summed E-state index contributed by atoms with van der Waals surface area (Å²) in [6, 6.07) is 8.68. The lowest BCUT2D eigenvalue weighted by Gasteiger charge is -2.34. The van der Waals surface area contributed by atoms with E-state index in [4.69, 9.17) is 10.5 Å². The van der Waals surface area contributed by atoms with Crippen molar-refractivity contribution in [2.75, 3.05) is 12.3 Å². The summed E-state index contributed by atoms with van der Waals surface area (Å²) in [7, 11) is -3.81. The third-order valence-electron chi connectivity index (χ3n) is 7.98. The van der Waals surface area contributed by atoms with E-state index in [1.165, 1.54) is 12.1 Å². The molecule has 2 atom stereocenters. The number of carbonyl (C=O) groups is 2. The van der Waals surface area contributed by atoms with Crippen molar-refractivity contribution in [1.82, 2.24) is 10.3 Å². The molecular formula is C28H30N4O8S. The van der Waals surface area contributed by atoms with Crippen molar-refractivity contribution in [2.24, 2.45) is 5.73 Å². The predicted octanol–water partition coefficient (Wildman–Crippen LogP) is 2.84. The number of aliphatic hydroxyl groups is 1. The minimum absolute atomic E-state index is 0.0473. The van der Waals surface area contributed by atoms with Crippen LogP contribution in [0.15, 0.2) is 41.4 Å². The van der Waals surface area contributed by atoms with E-state index in [1.807, 2.05) is 13.8 Å². The first-order chi connectivity index (χ1) is 19.2. The molecular weight excluding hydrogens is 552 g/mol. The van der Waals surface area contributed by atoms with Gasteiger partial charge >= 0.3 is 0 Å². The highest BCUT2D eigenvalue weighted by atomic mass is 32.2. The minimum atomic E-state index is -3.81. The molecule has 0 bridgehead atoms. The number of nitro groups is 1. The van der Waals surface area contributed by atoms with E-state index in [0.29, 0.717) is 11.1 Å². The zero-order valence-corrected chi connectivity index (χ0v) is 23.7. The molecule has 0 spiro atoms. The van der Waals surface area contributed by atoms with Gasteiger partial charge in [0.05, 0.1) is 10.7 Å². The molecule has 2 aromatic carbocycles. The van der Waals surface area contributed by atoms with Crippen molar-refractivity contribution in [2.45, 2.75) is 56.4 Å². The van der Waals surface area contributed by atoms with Crippen LogP contribution in [-0.4, -0.2) is 47.4 Å². The van der Waals surface area contributed by atoms with Gasteiger partial charge in [-0.2, -0.15) is 0 Å². The smallest absolute Gasteiger partial charge is 0.280 e. The number of carbonyl (C=O) groups excluding carboxylic acids is 2. The Morgan fingerprint density at radius 3 is 2.56 bits per heavy atom. The molecule has 0 saturated carbocycles. The topological polar surface area (TPSA) is 195 Å². The van der Waals surface area contributed by atoms with Gasteiger partial charge in [-0.1, -0.05) is 38.1 Å². The highest BCUT2D eigenvalue weighted by Crippen LogP contribution is 2.60. The molecule has 2 heterocycles. The fourth-order valence-corrected chi connectivity index (χ4v) is 7.31. The first-order valence-corrected chi connectivity index (χ1v) is 14.7. The Morgan fingerprint density at radius 1 is 1.22 bits per heavy atom. The molecule has 216 valence electrons. The summed E-state index contributed by atoms with van der Waals surface area (Å²) in [5.74, 6) is -4.47. The molecule has 1 aliphatic carbocycles. The number of sulfone groups is 1. The predicted molar refractivity (Wildman–Crippen MR) is 148 cm³/mol. The Kier molecular flexibility index (Phi) is 6.59. The van der Waals surface area contributed by atoms with E-state index < -0.39 is 43.5 Å². The second-order valence-electron chi connectivity index (χ2n) is 10.7. The number of H-pyrrole nitrogens is 1. The zero-order valence-electron chi connectivity index (χ0n) is 22.9. The highest BCUT2D eigenvalue weighted by Gasteiger charge is 2.73. The molecule has 2 unspecified atom stereocenters.